The monoisotopic (exact) mass is 247 g/mol. The highest BCUT2D eigenvalue weighted by Gasteiger charge is 2.23. The molecule has 3 rings (SSSR count). The fraction of sp³-hybridized carbons (Fsp3) is 0.643. The number of rotatable bonds is 3. The molecule has 1 saturated heterocycles. The van der Waals surface area contributed by atoms with Crippen LogP contribution in [0.2, 0.25) is 0 Å². The number of carbonyl (C=O) groups excluding carboxylic acids is 1. The lowest BCUT2D eigenvalue weighted by atomic mass is 9.93. The summed E-state index contributed by atoms with van der Waals surface area (Å²) in [5.41, 5.74) is 0.828. The number of piperidine rings is 1. The lowest BCUT2D eigenvalue weighted by Gasteiger charge is -2.28. The summed E-state index contributed by atoms with van der Waals surface area (Å²) in [6.07, 6.45) is 7.79. The minimum absolute atomic E-state index is 0.100. The molecule has 2 N–H and O–H groups in total. The highest BCUT2D eigenvalue weighted by atomic mass is 16.2. The summed E-state index contributed by atoms with van der Waals surface area (Å²) >= 11 is 0. The van der Waals surface area contributed by atoms with Crippen LogP contribution in [-0.2, 0) is 0 Å². The van der Waals surface area contributed by atoms with Crippen molar-refractivity contribution in [1.82, 2.24) is 15.2 Å². The normalized spacial score (nSPS) is 21.6. The van der Waals surface area contributed by atoms with E-state index in [0.717, 1.165) is 44.5 Å². The first-order chi connectivity index (χ1) is 8.84. The second-order valence-corrected chi connectivity index (χ2v) is 5.38. The van der Waals surface area contributed by atoms with Crippen LogP contribution in [0.5, 0.6) is 0 Å². The van der Waals surface area contributed by atoms with Gasteiger partial charge in [0.2, 0.25) is 0 Å². The summed E-state index contributed by atoms with van der Waals surface area (Å²) in [7, 11) is 0. The molecule has 4 heteroatoms. The van der Waals surface area contributed by atoms with Crippen LogP contribution in [0.3, 0.4) is 0 Å². The van der Waals surface area contributed by atoms with E-state index in [1.807, 2.05) is 18.3 Å². The molecule has 1 saturated carbocycles. The first-order valence-electron chi connectivity index (χ1n) is 7.03. The molecule has 1 aromatic rings. The van der Waals surface area contributed by atoms with Gasteiger partial charge in [-0.15, -0.1) is 0 Å². The van der Waals surface area contributed by atoms with Crippen molar-refractivity contribution < 1.29 is 4.79 Å². The SMILES string of the molecule is O=C(NC1CCC1)c1cccn1C1CCNCC1. The molecule has 2 heterocycles. The fourth-order valence-electron chi connectivity index (χ4n) is 2.80. The molecule has 98 valence electrons. The molecule has 0 atom stereocenters. The Morgan fingerprint density at radius 2 is 2.06 bits per heavy atom. The van der Waals surface area contributed by atoms with Gasteiger partial charge in [0.1, 0.15) is 5.69 Å². The number of aromatic nitrogens is 1. The third kappa shape index (κ3) is 2.29. The quantitative estimate of drug-likeness (QED) is 0.854. The Hall–Kier alpha value is -1.29. The van der Waals surface area contributed by atoms with E-state index in [1.165, 1.54) is 6.42 Å². The minimum Gasteiger partial charge on any atom is -0.348 e. The number of carbonyl (C=O) groups is 1. The average Bonchev–Trinajstić information content (AvgIpc) is 2.84. The van der Waals surface area contributed by atoms with Crippen molar-refractivity contribution in [2.24, 2.45) is 0 Å². The zero-order valence-corrected chi connectivity index (χ0v) is 10.7. The van der Waals surface area contributed by atoms with E-state index in [0.29, 0.717) is 12.1 Å². The van der Waals surface area contributed by atoms with Crippen molar-refractivity contribution in [2.45, 2.75) is 44.2 Å². The first-order valence-corrected chi connectivity index (χ1v) is 7.03. The lowest BCUT2D eigenvalue weighted by molar-refractivity contribution is 0.0904. The maximum absolute atomic E-state index is 12.2. The van der Waals surface area contributed by atoms with Crippen molar-refractivity contribution in [2.75, 3.05) is 13.1 Å². The Kier molecular flexibility index (Phi) is 3.37. The highest BCUT2D eigenvalue weighted by molar-refractivity contribution is 5.93. The molecule has 4 nitrogen and oxygen atoms in total. The molecule has 0 spiro atoms. The summed E-state index contributed by atoms with van der Waals surface area (Å²) in [6.45, 7) is 2.10. The van der Waals surface area contributed by atoms with Crippen LogP contribution < -0.4 is 10.6 Å². The standard InChI is InChI=1S/C14H21N3O/c18-14(16-11-3-1-4-11)13-5-2-10-17(13)12-6-8-15-9-7-12/h2,5,10-12,15H,1,3-4,6-9H2,(H,16,18). The van der Waals surface area contributed by atoms with Crippen LogP contribution in [0.4, 0.5) is 0 Å². The molecule has 2 aliphatic rings. The number of amides is 1. The molecule has 0 bridgehead atoms. The minimum atomic E-state index is 0.100. The van der Waals surface area contributed by atoms with Gasteiger partial charge in [0.25, 0.3) is 5.91 Å². The molecule has 0 radical (unpaired) electrons. The molecule has 2 fully saturated rings. The number of nitrogens with zero attached hydrogens (tertiary/aromatic N) is 1. The van der Waals surface area contributed by atoms with Gasteiger partial charge in [-0.05, 0) is 57.3 Å². The molecule has 1 aliphatic carbocycles. The van der Waals surface area contributed by atoms with E-state index in [1.54, 1.807) is 0 Å². The van der Waals surface area contributed by atoms with E-state index in [-0.39, 0.29) is 5.91 Å². The van der Waals surface area contributed by atoms with Gasteiger partial charge in [0, 0.05) is 18.3 Å². The Morgan fingerprint density at radius 1 is 1.28 bits per heavy atom. The van der Waals surface area contributed by atoms with Crippen LogP contribution in [0.15, 0.2) is 18.3 Å². The number of hydrogen-bond acceptors (Lipinski definition) is 2. The van der Waals surface area contributed by atoms with Gasteiger partial charge in [-0.2, -0.15) is 0 Å². The predicted molar refractivity (Wildman–Crippen MR) is 70.7 cm³/mol. The van der Waals surface area contributed by atoms with Gasteiger partial charge in [0.05, 0.1) is 0 Å². The van der Waals surface area contributed by atoms with Crippen LogP contribution in [0.25, 0.3) is 0 Å². The third-order valence-corrected chi connectivity index (χ3v) is 4.15. The van der Waals surface area contributed by atoms with Gasteiger partial charge in [0.15, 0.2) is 0 Å². The van der Waals surface area contributed by atoms with Crippen LogP contribution in [0.1, 0.15) is 48.6 Å². The summed E-state index contributed by atoms with van der Waals surface area (Å²) in [5.74, 6) is 0.100. The van der Waals surface area contributed by atoms with Crippen molar-refractivity contribution >= 4 is 5.91 Å². The van der Waals surface area contributed by atoms with E-state index in [4.69, 9.17) is 0 Å². The van der Waals surface area contributed by atoms with Gasteiger partial charge >= 0.3 is 0 Å². The Labute approximate surface area is 108 Å². The number of hydrogen-bond donors (Lipinski definition) is 2. The predicted octanol–water partition coefficient (Wildman–Crippen LogP) is 1.69. The third-order valence-electron chi connectivity index (χ3n) is 4.15. The van der Waals surface area contributed by atoms with E-state index in [9.17, 15) is 4.79 Å². The summed E-state index contributed by atoms with van der Waals surface area (Å²) in [4.78, 5) is 12.2. The average molecular weight is 247 g/mol. The van der Waals surface area contributed by atoms with Crippen molar-refractivity contribution in [3.63, 3.8) is 0 Å². The van der Waals surface area contributed by atoms with Gasteiger partial charge in [-0.25, -0.2) is 0 Å². The smallest absolute Gasteiger partial charge is 0.268 e. The summed E-state index contributed by atoms with van der Waals surface area (Å²) in [5, 5.41) is 6.48. The molecule has 0 unspecified atom stereocenters. The van der Waals surface area contributed by atoms with Gasteiger partial charge in [-0.3, -0.25) is 4.79 Å². The van der Waals surface area contributed by atoms with Gasteiger partial charge in [-0.1, -0.05) is 0 Å². The Bertz CT molecular complexity index is 416. The first kappa shape index (κ1) is 11.8. The van der Waals surface area contributed by atoms with E-state index in [2.05, 4.69) is 15.2 Å². The molecule has 18 heavy (non-hydrogen) atoms. The van der Waals surface area contributed by atoms with Crippen molar-refractivity contribution in [3.8, 4) is 0 Å². The topological polar surface area (TPSA) is 46.1 Å². The molecule has 1 aromatic heterocycles. The fourth-order valence-corrected chi connectivity index (χ4v) is 2.80. The van der Waals surface area contributed by atoms with E-state index < -0.39 is 0 Å². The summed E-state index contributed by atoms with van der Waals surface area (Å²) in [6, 6.07) is 4.81. The summed E-state index contributed by atoms with van der Waals surface area (Å²) < 4.78 is 2.16. The highest BCUT2D eigenvalue weighted by Crippen LogP contribution is 2.22. The molecule has 1 aliphatic heterocycles. The second-order valence-electron chi connectivity index (χ2n) is 5.38. The zero-order valence-electron chi connectivity index (χ0n) is 10.7. The van der Waals surface area contributed by atoms with Crippen LogP contribution in [-0.4, -0.2) is 29.6 Å². The van der Waals surface area contributed by atoms with E-state index >= 15 is 0 Å². The van der Waals surface area contributed by atoms with Gasteiger partial charge < -0.3 is 15.2 Å². The molecular formula is C14H21N3O. The van der Waals surface area contributed by atoms with Crippen molar-refractivity contribution in [3.05, 3.63) is 24.0 Å². The lowest BCUT2D eigenvalue weighted by Crippen LogP contribution is -2.40. The zero-order chi connectivity index (χ0) is 12.4. The maximum Gasteiger partial charge on any atom is 0.268 e. The van der Waals surface area contributed by atoms with Crippen molar-refractivity contribution in [1.29, 1.82) is 0 Å². The maximum atomic E-state index is 12.2. The Morgan fingerprint density at radius 3 is 2.72 bits per heavy atom. The number of nitrogens with one attached hydrogen (secondary N) is 2. The molecule has 0 aromatic carbocycles. The molecule has 1 amide bonds. The Balaban J connectivity index is 1.71. The second kappa shape index (κ2) is 5.14. The largest absolute Gasteiger partial charge is 0.348 e. The van der Waals surface area contributed by atoms with Crippen LogP contribution in [0, 0.1) is 0 Å². The molecular weight excluding hydrogens is 226 g/mol. The van der Waals surface area contributed by atoms with Crippen LogP contribution >= 0.6 is 0 Å².